The molecule has 1 amide bonds. The molecule has 7 nitrogen and oxygen atoms in total. The van der Waals surface area contributed by atoms with Gasteiger partial charge in [-0.25, -0.2) is 4.99 Å². The van der Waals surface area contributed by atoms with Crippen molar-refractivity contribution in [2.24, 2.45) is 22.6 Å². The van der Waals surface area contributed by atoms with Crippen LogP contribution in [0, 0.1) is 11.8 Å². The van der Waals surface area contributed by atoms with Gasteiger partial charge < -0.3 is 14.7 Å². The molecule has 4 rings (SSSR count). The molecule has 2 aliphatic rings. The second kappa shape index (κ2) is 10.3. The number of amides is 1. The summed E-state index contributed by atoms with van der Waals surface area (Å²) in [5.74, 6) is -0.888. The molecule has 3 atom stereocenters. The van der Waals surface area contributed by atoms with Crippen molar-refractivity contribution in [2.45, 2.75) is 57.2 Å². The van der Waals surface area contributed by atoms with Crippen LogP contribution in [0.3, 0.4) is 0 Å². The number of likely N-dealkylation sites (N-methyl/N-ethyl adjacent to an activating group) is 1. The van der Waals surface area contributed by atoms with Crippen molar-refractivity contribution >= 4 is 23.1 Å². The van der Waals surface area contributed by atoms with Crippen LogP contribution in [0.5, 0.6) is 5.75 Å². The largest absolute Gasteiger partial charge is 0.497 e. The Morgan fingerprint density at radius 3 is 2.60 bits per heavy atom. The summed E-state index contributed by atoms with van der Waals surface area (Å²) < 4.78 is 5.43. The molecular formula is C28H35N3O4. The van der Waals surface area contributed by atoms with E-state index in [-0.39, 0.29) is 0 Å². The van der Waals surface area contributed by atoms with Crippen LogP contribution in [0.15, 0.2) is 53.5 Å². The van der Waals surface area contributed by atoms with Crippen LogP contribution >= 0.6 is 0 Å². The van der Waals surface area contributed by atoms with Gasteiger partial charge in [-0.2, -0.15) is 0 Å². The number of hydrogen-bond acceptors (Lipinski definition) is 6. The Morgan fingerprint density at radius 1 is 1.26 bits per heavy atom. The van der Waals surface area contributed by atoms with Crippen molar-refractivity contribution in [2.75, 3.05) is 19.1 Å². The fraction of sp³-hybridized carbons (Fsp3) is 0.464. The molecule has 2 aromatic rings. The van der Waals surface area contributed by atoms with E-state index >= 15 is 0 Å². The second-order valence-corrected chi connectivity index (χ2v) is 9.70. The lowest BCUT2D eigenvalue weighted by molar-refractivity contribution is -0.139. The Hall–Kier alpha value is -3.03. The molecule has 186 valence electrons. The van der Waals surface area contributed by atoms with Crippen molar-refractivity contribution in [3.63, 3.8) is 0 Å². The van der Waals surface area contributed by atoms with E-state index < -0.39 is 29.4 Å². The van der Waals surface area contributed by atoms with Crippen LogP contribution in [0.2, 0.25) is 0 Å². The molecule has 2 aromatic carbocycles. The first-order valence-corrected chi connectivity index (χ1v) is 12.4. The van der Waals surface area contributed by atoms with E-state index in [2.05, 4.69) is 0 Å². The van der Waals surface area contributed by atoms with Gasteiger partial charge in [-0.15, -0.1) is 0 Å². The molecule has 35 heavy (non-hydrogen) atoms. The van der Waals surface area contributed by atoms with Gasteiger partial charge in [0, 0.05) is 24.1 Å². The number of aliphatic imine (C=N–C) groups is 1. The third-order valence-electron chi connectivity index (χ3n) is 7.10. The molecule has 0 radical (unpaired) electrons. The van der Waals surface area contributed by atoms with Crippen molar-refractivity contribution in [3.05, 3.63) is 59.7 Å². The van der Waals surface area contributed by atoms with Gasteiger partial charge in [0.15, 0.2) is 5.78 Å². The SMILES string of the molecule is CCCC[C@H](O)[C@@H](CC1CC1)C(=O)C1(N)N=C(c2ccccc2)c2cc(OC)ccc2N(C)C1=O. The van der Waals surface area contributed by atoms with E-state index in [0.29, 0.717) is 41.5 Å². The number of ketones is 1. The van der Waals surface area contributed by atoms with Crippen LogP contribution in [0.25, 0.3) is 0 Å². The van der Waals surface area contributed by atoms with Crippen molar-refractivity contribution in [1.82, 2.24) is 0 Å². The second-order valence-electron chi connectivity index (χ2n) is 9.70. The molecule has 1 aliphatic heterocycles. The minimum absolute atomic E-state index is 0.376. The lowest BCUT2D eigenvalue weighted by Crippen LogP contribution is -2.61. The van der Waals surface area contributed by atoms with Crippen molar-refractivity contribution in [3.8, 4) is 5.75 Å². The molecule has 1 unspecified atom stereocenters. The first-order chi connectivity index (χ1) is 16.8. The van der Waals surface area contributed by atoms with E-state index in [0.717, 1.165) is 31.2 Å². The maximum atomic E-state index is 14.1. The predicted molar refractivity (Wildman–Crippen MR) is 137 cm³/mol. The highest BCUT2D eigenvalue weighted by atomic mass is 16.5. The molecule has 1 saturated carbocycles. The lowest BCUT2D eigenvalue weighted by Gasteiger charge is -2.31. The highest BCUT2D eigenvalue weighted by Gasteiger charge is 2.51. The third-order valence-corrected chi connectivity index (χ3v) is 7.10. The molecule has 0 saturated heterocycles. The number of ether oxygens (including phenoxy) is 1. The summed E-state index contributed by atoms with van der Waals surface area (Å²) in [6, 6.07) is 14.7. The number of aliphatic hydroxyl groups is 1. The number of hydrogen-bond donors (Lipinski definition) is 2. The van der Waals surface area contributed by atoms with Crippen LogP contribution in [-0.2, 0) is 9.59 Å². The summed E-state index contributed by atoms with van der Waals surface area (Å²) in [6.07, 6.45) is 3.92. The van der Waals surface area contributed by atoms with Gasteiger partial charge >= 0.3 is 0 Å². The zero-order valence-corrected chi connectivity index (χ0v) is 20.7. The topological polar surface area (TPSA) is 105 Å². The number of fused-ring (bicyclic) bond motifs is 1. The number of carbonyl (C=O) groups excluding carboxylic acids is 2. The van der Waals surface area contributed by atoms with E-state index in [4.69, 9.17) is 15.5 Å². The number of carbonyl (C=O) groups is 2. The maximum Gasteiger partial charge on any atom is 0.277 e. The number of aliphatic hydroxyl groups excluding tert-OH is 1. The molecule has 1 aliphatic carbocycles. The highest BCUT2D eigenvalue weighted by molar-refractivity contribution is 6.26. The minimum Gasteiger partial charge on any atom is -0.497 e. The van der Waals surface area contributed by atoms with Crippen LogP contribution < -0.4 is 15.4 Å². The number of rotatable bonds is 10. The maximum absolute atomic E-state index is 14.1. The van der Waals surface area contributed by atoms with Gasteiger partial charge in [-0.3, -0.25) is 15.3 Å². The van der Waals surface area contributed by atoms with Gasteiger partial charge in [0.25, 0.3) is 5.91 Å². The summed E-state index contributed by atoms with van der Waals surface area (Å²) in [7, 11) is 3.18. The van der Waals surface area contributed by atoms with Gasteiger partial charge in [-0.1, -0.05) is 62.9 Å². The Labute approximate surface area is 207 Å². The van der Waals surface area contributed by atoms with E-state index in [1.54, 1.807) is 32.4 Å². The average molecular weight is 478 g/mol. The Bertz CT molecular complexity index is 1110. The number of benzodiazepines with no additional fused rings is 1. The molecule has 7 heteroatoms. The zero-order chi connectivity index (χ0) is 25.2. The number of unbranched alkanes of at least 4 members (excludes halogenated alkanes) is 1. The van der Waals surface area contributed by atoms with E-state index in [1.807, 2.05) is 37.3 Å². The molecule has 0 bridgehead atoms. The Kier molecular flexibility index (Phi) is 7.38. The number of Topliss-reactive ketones (excluding diaryl/α,β-unsaturated/α-hetero) is 1. The number of methoxy groups -OCH3 is 1. The predicted octanol–water partition coefficient (Wildman–Crippen LogP) is 3.70. The fourth-order valence-electron chi connectivity index (χ4n) is 4.80. The quantitative estimate of drug-likeness (QED) is 0.508. The first kappa shape index (κ1) is 25.1. The molecular weight excluding hydrogens is 442 g/mol. The molecule has 0 spiro atoms. The molecule has 1 heterocycles. The van der Waals surface area contributed by atoms with Gasteiger partial charge in [-0.05, 0) is 37.0 Å². The highest BCUT2D eigenvalue weighted by Crippen LogP contribution is 2.40. The van der Waals surface area contributed by atoms with Gasteiger partial charge in [0.05, 0.1) is 24.6 Å². The Balaban J connectivity index is 1.86. The smallest absolute Gasteiger partial charge is 0.277 e. The Morgan fingerprint density at radius 2 is 1.97 bits per heavy atom. The number of anilines is 1. The normalized spacial score (nSPS) is 21.6. The summed E-state index contributed by atoms with van der Waals surface area (Å²) in [6.45, 7) is 2.04. The molecule has 3 N–H and O–H groups in total. The zero-order valence-electron chi connectivity index (χ0n) is 20.7. The van der Waals surface area contributed by atoms with Crippen LogP contribution in [0.1, 0.15) is 56.6 Å². The monoisotopic (exact) mass is 477 g/mol. The standard InChI is InChI=1S/C28H35N3O4/c1-4-5-11-24(32)22(16-18-12-13-18)26(33)28(29)27(34)31(2)23-15-14-20(35-3)17-21(23)25(30-28)19-9-7-6-8-10-19/h6-10,14-15,17-18,22,24,32H,4-5,11-13,16,29H2,1-3H3/t22-,24+,28?/m1/s1. The number of nitrogens with zero attached hydrogens (tertiary/aromatic N) is 2. The average Bonchev–Trinajstić information content (AvgIpc) is 3.72. The minimum atomic E-state index is -2.15. The number of nitrogens with two attached hydrogens (primary N) is 1. The summed E-state index contributed by atoms with van der Waals surface area (Å²) in [5.41, 5.74) is 6.97. The molecule has 0 aromatic heterocycles. The summed E-state index contributed by atoms with van der Waals surface area (Å²) in [5, 5.41) is 11.0. The fourth-order valence-corrected chi connectivity index (χ4v) is 4.80. The number of benzene rings is 2. The van der Waals surface area contributed by atoms with Crippen molar-refractivity contribution in [1.29, 1.82) is 0 Å². The summed E-state index contributed by atoms with van der Waals surface area (Å²) in [4.78, 5) is 34.0. The third kappa shape index (κ3) is 5.02. The van der Waals surface area contributed by atoms with E-state index in [9.17, 15) is 14.7 Å². The first-order valence-electron chi connectivity index (χ1n) is 12.4. The lowest BCUT2D eigenvalue weighted by atomic mass is 9.82. The summed E-state index contributed by atoms with van der Waals surface area (Å²) >= 11 is 0. The molecule has 1 fully saturated rings. The van der Waals surface area contributed by atoms with E-state index in [1.165, 1.54) is 4.90 Å². The van der Waals surface area contributed by atoms with Gasteiger partial charge in [0.1, 0.15) is 5.75 Å². The van der Waals surface area contributed by atoms with Crippen molar-refractivity contribution < 1.29 is 19.4 Å². The van der Waals surface area contributed by atoms with Crippen LogP contribution in [-0.4, -0.2) is 48.4 Å². The van der Waals surface area contributed by atoms with Crippen LogP contribution in [0.4, 0.5) is 5.69 Å². The van der Waals surface area contributed by atoms with Gasteiger partial charge in [0.2, 0.25) is 5.66 Å².